The molecule has 2 N–H and O–H groups in total. The Morgan fingerprint density at radius 2 is 1.96 bits per heavy atom. The highest BCUT2D eigenvalue weighted by atomic mass is 16.5. The van der Waals surface area contributed by atoms with E-state index in [0.717, 1.165) is 48.8 Å². The summed E-state index contributed by atoms with van der Waals surface area (Å²) in [5.41, 5.74) is 2.81. The zero-order valence-electron chi connectivity index (χ0n) is 15.1. The molecular formula is C18H21N7O2. The number of fused-ring (bicyclic) bond motifs is 1. The molecule has 1 aromatic carbocycles. The van der Waals surface area contributed by atoms with Crippen LogP contribution in [-0.2, 0) is 9.53 Å². The minimum atomic E-state index is -0.185. The maximum absolute atomic E-state index is 11.4. The van der Waals surface area contributed by atoms with Crippen molar-refractivity contribution in [3.05, 3.63) is 36.8 Å². The number of hydrogen-bond donors (Lipinski definition) is 2. The van der Waals surface area contributed by atoms with E-state index >= 15 is 0 Å². The second-order valence-electron chi connectivity index (χ2n) is 6.37. The molecule has 1 aliphatic heterocycles. The van der Waals surface area contributed by atoms with Gasteiger partial charge in [-0.25, -0.2) is 9.97 Å². The Bertz CT molecular complexity index is 917. The molecule has 0 radical (unpaired) electrons. The largest absolute Gasteiger partial charge is 0.468 e. The zero-order chi connectivity index (χ0) is 18.6. The van der Waals surface area contributed by atoms with E-state index in [1.54, 1.807) is 6.20 Å². The van der Waals surface area contributed by atoms with Crippen LogP contribution in [0.3, 0.4) is 0 Å². The van der Waals surface area contributed by atoms with Gasteiger partial charge in [0.15, 0.2) is 5.65 Å². The molecule has 9 heteroatoms. The molecule has 0 spiro atoms. The summed E-state index contributed by atoms with van der Waals surface area (Å²) in [5, 5.41) is 11.0. The Hall–Kier alpha value is -3.20. The van der Waals surface area contributed by atoms with Crippen LogP contribution in [0.25, 0.3) is 11.0 Å². The van der Waals surface area contributed by atoms with Crippen LogP contribution < -0.4 is 10.2 Å². The minimum Gasteiger partial charge on any atom is -0.468 e. The zero-order valence-corrected chi connectivity index (χ0v) is 15.1. The Morgan fingerprint density at radius 1 is 1.19 bits per heavy atom. The number of ether oxygens (including phenoxy) is 1. The van der Waals surface area contributed by atoms with Gasteiger partial charge in [-0.05, 0) is 24.3 Å². The van der Waals surface area contributed by atoms with Crippen molar-refractivity contribution in [2.24, 2.45) is 0 Å². The van der Waals surface area contributed by atoms with Crippen LogP contribution in [0.5, 0.6) is 0 Å². The van der Waals surface area contributed by atoms with E-state index in [1.807, 2.05) is 12.1 Å². The van der Waals surface area contributed by atoms with Crippen LogP contribution >= 0.6 is 0 Å². The molecule has 1 fully saturated rings. The number of anilines is 3. The molecule has 140 valence electrons. The lowest BCUT2D eigenvalue weighted by Gasteiger charge is -2.35. The molecule has 0 aliphatic carbocycles. The van der Waals surface area contributed by atoms with Crippen molar-refractivity contribution < 1.29 is 9.53 Å². The molecule has 27 heavy (non-hydrogen) atoms. The normalized spacial score (nSPS) is 15.1. The number of rotatable bonds is 5. The van der Waals surface area contributed by atoms with Crippen LogP contribution in [0.2, 0.25) is 0 Å². The molecule has 2 aromatic heterocycles. The molecule has 4 rings (SSSR count). The van der Waals surface area contributed by atoms with Gasteiger partial charge in [0.2, 0.25) is 0 Å². The number of carbonyl (C=O) groups is 1. The van der Waals surface area contributed by atoms with E-state index in [-0.39, 0.29) is 5.97 Å². The van der Waals surface area contributed by atoms with E-state index in [1.165, 1.54) is 13.4 Å². The predicted octanol–water partition coefficient (Wildman–Crippen LogP) is 1.39. The summed E-state index contributed by atoms with van der Waals surface area (Å²) in [6.07, 6.45) is 3.21. The first-order chi connectivity index (χ1) is 13.2. The van der Waals surface area contributed by atoms with Crippen molar-refractivity contribution in [3.63, 3.8) is 0 Å². The summed E-state index contributed by atoms with van der Waals surface area (Å²) >= 11 is 0. The molecule has 1 aliphatic rings. The van der Waals surface area contributed by atoms with E-state index in [9.17, 15) is 4.79 Å². The van der Waals surface area contributed by atoms with Gasteiger partial charge in [-0.2, -0.15) is 5.10 Å². The molecule has 9 nitrogen and oxygen atoms in total. The lowest BCUT2D eigenvalue weighted by Crippen LogP contribution is -2.48. The average molecular weight is 367 g/mol. The second-order valence-corrected chi connectivity index (χ2v) is 6.37. The number of aromatic amines is 1. The summed E-state index contributed by atoms with van der Waals surface area (Å²) in [6.45, 7) is 3.80. The van der Waals surface area contributed by atoms with Gasteiger partial charge in [-0.15, -0.1) is 0 Å². The maximum atomic E-state index is 11.4. The average Bonchev–Trinajstić information content (AvgIpc) is 3.19. The molecule has 0 amide bonds. The lowest BCUT2D eigenvalue weighted by molar-refractivity contribution is -0.142. The first-order valence-electron chi connectivity index (χ1n) is 8.78. The van der Waals surface area contributed by atoms with Gasteiger partial charge in [0.05, 0.1) is 25.2 Å². The maximum Gasteiger partial charge on any atom is 0.319 e. The number of carbonyl (C=O) groups excluding carboxylic acids is 1. The Labute approximate surface area is 156 Å². The van der Waals surface area contributed by atoms with Crippen molar-refractivity contribution >= 4 is 34.2 Å². The van der Waals surface area contributed by atoms with Crippen molar-refractivity contribution in [2.45, 2.75) is 0 Å². The van der Waals surface area contributed by atoms with E-state index < -0.39 is 0 Å². The Kier molecular flexibility index (Phi) is 4.84. The third kappa shape index (κ3) is 3.82. The fourth-order valence-electron chi connectivity index (χ4n) is 3.17. The molecular weight excluding hydrogens is 346 g/mol. The third-order valence-corrected chi connectivity index (χ3v) is 4.70. The van der Waals surface area contributed by atoms with Gasteiger partial charge in [-0.3, -0.25) is 14.8 Å². The smallest absolute Gasteiger partial charge is 0.319 e. The summed E-state index contributed by atoms with van der Waals surface area (Å²) in [5.74, 6) is 0.535. The molecule has 1 saturated heterocycles. The fraction of sp³-hybridized carbons (Fsp3) is 0.333. The monoisotopic (exact) mass is 367 g/mol. The number of hydrogen-bond acceptors (Lipinski definition) is 8. The number of methoxy groups -OCH3 is 1. The number of aromatic nitrogens is 4. The van der Waals surface area contributed by atoms with Crippen LogP contribution in [0.4, 0.5) is 17.2 Å². The third-order valence-electron chi connectivity index (χ3n) is 4.70. The highest BCUT2D eigenvalue weighted by molar-refractivity contribution is 5.87. The molecule has 3 aromatic rings. The summed E-state index contributed by atoms with van der Waals surface area (Å²) < 4.78 is 4.73. The summed E-state index contributed by atoms with van der Waals surface area (Å²) in [7, 11) is 1.42. The number of piperazine rings is 1. The highest BCUT2D eigenvalue weighted by Gasteiger charge is 2.19. The van der Waals surface area contributed by atoms with Crippen molar-refractivity contribution in [3.8, 4) is 0 Å². The van der Waals surface area contributed by atoms with E-state index in [0.29, 0.717) is 12.2 Å². The number of nitrogens with zero attached hydrogens (tertiary/aromatic N) is 5. The van der Waals surface area contributed by atoms with E-state index in [4.69, 9.17) is 4.74 Å². The second kappa shape index (κ2) is 7.58. The molecule has 0 saturated carbocycles. The quantitative estimate of drug-likeness (QED) is 0.653. The van der Waals surface area contributed by atoms with Gasteiger partial charge in [0, 0.05) is 37.6 Å². The van der Waals surface area contributed by atoms with Crippen LogP contribution in [-0.4, -0.2) is 70.9 Å². The number of esters is 1. The molecule has 0 bridgehead atoms. The van der Waals surface area contributed by atoms with Crippen LogP contribution in [0.15, 0.2) is 36.8 Å². The summed E-state index contributed by atoms with van der Waals surface area (Å²) in [6, 6.07) is 8.24. The number of nitrogens with one attached hydrogen (secondary N) is 2. The van der Waals surface area contributed by atoms with Gasteiger partial charge < -0.3 is 15.0 Å². The molecule has 0 unspecified atom stereocenters. The van der Waals surface area contributed by atoms with Crippen molar-refractivity contribution in [2.75, 3.05) is 50.1 Å². The van der Waals surface area contributed by atoms with Gasteiger partial charge in [0.1, 0.15) is 12.1 Å². The van der Waals surface area contributed by atoms with Gasteiger partial charge in [-0.1, -0.05) is 0 Å². The first kappa shape index (κ1) is 17.2. The summed E-state index contributed by atoms with van der Waals surface area (Å²) in [4.78, 5) is 24.2. The SMILES string of the molecule is COC(=O)CN1CCN(c2ccc(Nc3ncnc4[nH]ncc34)cc2)CC1. The topological polar surface area (TPSA) is 99.3 Å². The molecule has 0 atom stereocenters. The van der Waals surface area contributed by atoms with Crippen molar-refractivity contribution in [1.29, 1.82) is 0 Å². The predicted molar refractivity (Wildman–Crippen MR) is 102 cm³/mol. The number of benzene rings is 1. The highest BCUT2D eigenvalue weighted by Crippen LogP contribution is 2.24. The van der Waals surface area contributed by atoms with Gasteiger partial charge >= 0.3 is 5.97 Å². The lowest BCUT2D eigenvalue weighted by atomic mass is 10.2. The first-order valence-corrected chi connectivity index (χ1v) is 8.78. The Morgan fingerprint density at radius 3 is 2.70 bits per heavy atom. The van der Waals surface area contributed by atoms with Crippen LogP contribution in [0.1, 0.15) is 0 Å². The van der Waals surface area contributed by atoms with Crippen molar-refractivity contribution in [1.82, 2.24) is 25.1 Å². The van der Waals surface area contributed by atoms with Gasteiger partial charge in [0.25, 0.3) is 0 Å². The molecule has 3 heterocycles. The minimum absolute atomic E-state index is 0.185. The number of H-pyrrole nitrogens is 1. The van der Waals surface area contributed by atoms with E-state index in [2.05, 4.69) is 47.4 Å². The fourth-order valence-corrected chi connectivity index (χ4v) is 3.17. The van der Waals surface area contributed by atoms with Crippen LogP contribution in [0, 0.1) is 0 Å². The Balaban J connectivity index is 1.38. The standard InChI is InChI=1S/C18H21N7O2/c1-27-16(26)11-24-6-8-25(9-7-24)14-4-2-13(3-5-14)22-17-15-10-21-23-18(15)20-12-19-17/h2-5,10,12H,6-9,11H2,1H3,(H2,19,20,21,22,23).